The van der Waals surface area contributed by atoms with Gasteiger partial charge in [-0.25, -0.2) is 0 Å². The first-order valence-electron chi connectivity index (χ1n) is 11.9. The summed E-state index contributed by atoms with van der Waals surface area (Å²) in [6, 6.07) is 10.8. The van der Waals surface area contributed by atoms with E-state index in [1.165, 1.54) is 89.4 Å². The fraction of sp³-hybridized carbons (Fsp3) is 0.720. The van der Waals surface area contributed by atoms with E-state index >= 15 is 0 Å². The lowest BCUT2D eigenvalue weighted by Gasteiger charge is -2.32. The van der Waals surface area contributed by atoms with Gasteiger partial charge in [0.25, 0.3) is 0 Å². The molecule has 28 heavy (non-hydrogen) atoms. The van der Waals surface area contributed by atoms with Gasteiger partial charge in [0.15, 0.2) is 0 Å². The Balaban J connectivity index is 1.20. The molecule has 0 spiro atoms. The van der Waals surface area contributed by atoms with Gasteiger partial charge in [-0.2, -0.15) is 0 Å². The number of piperidine rings is 2. The first kappa shape index (κ1) is 21.4. The van der Waals surface area contributed by atoms with E-state index in [1.54, 1.807) is 0 Å². The molecule has 0 bridgehead atoms. The number of hydrogen-bond donors (Lipinski definition) is 0. The molecule has 0 aromatic heterocycles. The van der Waals surface area contributed by atoms with Gasteiger partial charge >= 0.3 is 0 Å². The van der Waals surface area contributed by atoms with Crippen LogP contribution in [0.15, 0.2) is 30.3 Å². The summed E-state index contributed by atoms with van der Waals surface area (Å²) in [4.78, 5) is 17.2. The van der Waals surface area contributed by atoms with Gasteiger partial charge in [0.1, 0.15) is 0 Å². The minimum atomic E-state index is 0.403. The molecule has 156 valence electrons. The third kappa shape index (κ3) is 7.58. The Morgan fingerprint density at radius 3 is 2.36 bits per heavy atom. The molecule has 0 radical (unpaired) electrons. The zero-order valence-corrected chi connectivity index (χ0v) is 17.8. The third-order valence-electron chi connectivity index (χ3n) is 6.70. The molecule has 2 saturated heterocycles. The lowest BCUT2D eigenvalue weighted by molar-refractivity contribution is -0.132. The van der Waals surface area contributed by atoms with E-state index < -0.39 is 0 Å². The van der Waals surface area contributed by atoms with E-state index in [0.29, 0.717) is 5.91 Å². The summed E-state index contributed by atoms with van der Waals surface area (Å²) in [6.07, 6.45) is 14.7. The van der Waals surface area contributed by atoms with Crippen LogP contribution in [0, 0.1) is 5.92 Å². The highest BCUT2D eigenvalue weighted by Gasteiger charge is 2.22. The van der Waals surface area contributed by atoms with Crippen LogP contribution in [0.4, 0.5) is 0 Å². The second-order valence-corrected chi connectivity index (χ2v) is 8.91. The van der Waals surface area contributed by atoms with E-state index in [2.05, 4.69) is 40.1 Å². The number of aryl methyl sites for hydroxylation is 1. The normalized spacial score (nSPS) is 19.1. The molecule has 3 heteroatoms. The van der Waals surface area contributed by atoms with Gasteiger partial charge in [0, 0.05) is 19.5 Å². The van der Waals surface area contributed by atoms with Crippen molar-refractivity contribution in [2.24, 2.45) is 5.92 Å². The number of carbonyl (C=O) groups is 1. The van der Waals surface area contributed by atoms with Crippen LogP contribution in [-0.4, -0.2) is 48.4 Å². The molecule has 2 fully saturated rings. The van der Waals surface area contributed by atoms with E-state index in [-0.39, 0.29) is 0 Å². The highest BCUT2D eigenvalue weighted by molar-refractivity contribution is 5.76. The van der Waals surface area contributed by atoms with Crippen molar-refractivity contribution in [1.82, 2.24) is 9.80 Å². The highest BCUT2D eigenvalue weighted by atomic mass is 16.2. The summed E-state index contributed by atoms with van der Waals surface area (Å²) < 4.78 is 0. The minimum absolute atomic E-state index is 0.403. The molecule has 0 aliphatic carbocycles. The molecule has 1 aromatic rings. The van der Waals surface area contributed by atoms with Gasteiger partial charge in [-0.05, 0) is 88.9 Å². The van der Waals surface area contributed by atoms with Gasteiger partial charge in [0.2, 0.25) is 5.91 Å². The molecule has 1 aromatic carbocycles. The first-order chi connectivity index (χ1) is 13.8. The molecule has 0 atom stereocenters. The number of likely N-dealkylation sites (tertiary alicyclic amines) is 2. The Hall–Kier alpha value is -1.35. The van der Waals surface area contributed by atoms with Crippen LogP contribution in [0.25, 0.3) is 0 Å². The van der Waals surface area contributed by atoms with Gasteiger partial charge < -0.3 is 9.80 Å². The molecule has 3 rings (SSSR count). The van der Waals surface area contributed by atoms with E-state index in [4.69, 9.17) is 0 Å². The van der Waals surface area contributed by atoms with Crippen molar-refractivity contribution in [2.75, 3.05) is 32.7 Å². The summed E-state index contributed by atoms with van der Waals surface area (Å²) in [7, 11) is 0. The predicted octanol–water partition coefficient (Wildman–Crippen LogP) is 5.29. The van der Waals surface area contributed by atoms with Crippen LogP contribution in [0.5, 0.6) is 0 Å². The van der Waals surface area contributed by atoms with E-state index in [0.717, 1.165) is 31.8 Å². The molecule has 0 saturated carbocycles. The molecule has 2 aliphatic heterocycles. The standard InChI is InChI=1S/C25H40N2O/c28-25(15-6-2-7-18-26-19-8-3-9-20-26)27-21-16-24(17-22-27)14-10-13-23-11-4-1-5-12-23/h1,4-5,11-12,24H,2-3,6-10,13-22H2. The smallest absolute Gasteiger partial charge is 0.222 e. The van der Waals surface area contributed by atoms with Crippen LogP contribution >= 0.6 is 0 Å². The Kier molecular flexibility index (Phi) is 9.36. The van der Waals surface area contributed by atoms with E-state index in [9.17, 15) is 4.79 Å². The van der Waals surface area contributed by atoms with Crippen LogP contribution in [0.2, 0.25) is 0 Å². The van der Waals surface area contributed by atoms with Crippen LogP contribution in [0.1, 0.15) is 76.2 Å². The van der Waals surface area contributed by atoms with Crippen molar-refractivity contribution in [1.29, 1.82) is 0 Å². The van der Waals surface area contributed by atoms with Crippen molar-refractivity contribution in [3.63, 3.8) is 0 Å². The lowest BCUT2D eigenvalue weighted by atomic mass is 9.90. The number of rotatable bonds is 10. The number of unbranched alkanes of at least 4 members (excludes halogenated alkanes) is 2. The largest absolute Gasteiger partial charge is 0.343 e. The molecular formula is C25H40N2O. The molecular weight excluding hydrogens is 344 g/mol. The zero-order chi connectivity index (χ0) is 19.4. The van der Waals surface area contributed by atoms with Crippen molar-refractivity contribution < 1.29 is 4.79 Å². The monoisotopic (exact) mass is 384 g/mol. The number of benzene rings is 1. The average molecular weight is 385 g/mol. The molecule has 3 nitrogen and oxygen atoms in total. The van der Waals surface area contributed by atoms with Crippen LogP contribution < -0.4 is 0 Å². The van der Waals surface area contributed by atoms with Crippen LogP contribution in [-0.2, 0) is 11.2 Å². The molecule has 0 unspecified atom stereocenters. The molecule has 1 amide bonds. The number of hydrogen-bond acceptors (Lipinski definition) is 2. The summed E-state index contributed by atoms with van der Waals surface area (Å²) in [5, 5.41) is 0. The SMILES string of the molecule is O=C(CCCCCN1CCCCC1)N1CCC(CCCc2ccccc2)CC1. The summed E-state index contributed by atoms with van der Waals surface area (Å²) in [5.74, 6) is 1.22. The number of amides is 1. The summed E-state index contributed by atoms with van der Waals surface area (Å²) >= 11 is 0. The Labute approximate surface area is 172 Å². The highest BCUT2D eigenvalue weighted by Crippen LogP contribution is 2.23. The Bertz CT molecular complexity index is 545. The van der Waals surface area contributed by atoms with E-state index in [1.807, 2.05) is 0 Å². The summed E-state index contributed by atoms with van der Waals surface area (Å²) in [5.41, 5.74) is 1.45. The van der Waals surface area contributed by atoms with Crippen molar-refractivity contribution in [3.8, 4) is 0 Å². The van der Waals surface area contributed by atoms with Crippen molar-refractivity contribution in [2.45, 2.75) is 77.0 Å². The van der Waals surface area contributed by atoms with Crippen molar-refractivity contribution in [3.05, 3.63) is 35.9 Å². The van der Waals surface area contributed by atoms with Gasteiger partial charge in [0.05, 0.1) is 0 Å². The fourth-order valence-corrected chi connectivity index (χ4v) is 4.84. The Morgan fingerprint density at radius 2 is 1.61 bits per heavy atom. The van der Waals surface area contributed by atoms with Gasteiger partial charge in [-0.3, -0.25) is 4.79 Å². The quantitative estimate of drug-likeness (QED) is 0.511. The second kappa shape index (κ2) is 12.3. The second-order valence-electron chi connectivity index (χ2n) is 8.91. The number of carbonyl (C=O) groups excluding carboxylic acids is 1. The maximum Gasteiger partial charge on any atom is 0.222 e. The lowest BCUT2D eigenvalue weighted by Crippen LogP contribution is -2.38. The van der Waals surface area contributed by atoms with Crippen molar-refractivity contribution >= 4 is 5.91 Å². The van der Waals surface area contributed by atoms with Crippen LogP contribution in [0.3, 0.4) is 0 Å². The van der Waals surface area contributed by atoms with Gasteiger partial charge in [-0.15, -0.1) is 0 Å². The third-order valence-corrected chi connectivity index (χ3v) is 6.70. The molecule has 2 aliphatic rings. The van der Waals surface area contributed by atoms with Gasteiger partial charge in [-0.1, -0.05) is 43.2 Å². The maximum atomic E-state index is 12.5. The number of nitrogens with zero attached hydrogens (tertiary/aromatic N) is 2. The topological polar surface area (TPSA) is 23.6 Å². The maximum absolute atomic E-state index is 12.5. The summed E-state index contributed by atoms with van der Waals surface area (Å²) in [6.45, 7) is 5.80. The Morgan fingerprint density at radius 1 is 0.857 bits per heavy atom. The molecule has 2 heterocycles. The average Bonchev–Trinajstić information content (AvgIpc) is 2.75. The predicted molar refractivity (Wildman–Crippen MR) is 117 cm³/mol. The first-order valence-corrected chi connectivity index (χ1v) is 11.9. The zero-order valence-electron chi connectivity index (χ0n) is 17.8. The fourth-order valence-electron chi connectivity index (χ4n) is 4.84. The molecule has 0 N–H and O–H groups in total. The minimum Gasteiger partial charge on any atom is -0.343 e.